The van der Waals surface area contributed by atoms with E-state index in [1.54, 1.807) is 7.11 Å². The molecule has 1 fully saturated rings. The summed E-state index contributed by atoms with van der Waals surface area (Å²) in [5.74, 6) is 0.814. The van der Waals surface area contributed by atoms with Crippen LogP contribution in [-0.4, -0.2) is 43.6 Å². The lowest BCUT2D eigenvalue weighted by atomic mass is 9.79. The number of methoxy groups -OCH3 is 1. The minimum atomic E-state index is -0.459. The Morgan fingerprint density at radius 1 is 1.00 bits per heavy atom. The Bertz CT molecular complexity index is 846. The molecule has 0 radical (unpaired) electrons. The minimum absolute atomic E-state index is 0.0365. The summed E-state index contributed by atoms with van der Waals surface area (Å²) in [6.45, 7) is 4.23. The van der Waals surface area contributed by atoms with Crippen LogP contribution in [0, 0.1) is 5.41 Å². The molecule has 1 aliphatic heterocycles. The molecule has 0 bridgehead atoms. The fourth-order valence-electron chi connectivity index (χ4n) is 3.68. The highest BCUT2D eigenvalue weighted by atomic mass is 16.5. The number of likely N-dealkylation sites (tertiary alicyclic amines) is 1. The zero-order chi connectivity index (χ0) is 21.4. The van der Waals surface area contributed by atoms with Crippen molar-refractivity contribution in [2.75, 3.05) is 26.7 Å². The van der Waals surface area contributed by atoms with Crippen molar-refractivity contribution in [3.8, 4) is 5.75 Å². The van der Waals surface area contributed by atoms with Gasteiger partial charge in [0.25, 0.3) is 0 Å². The molecule has 3 amide bonds. The Balaban J connectivity index is 1.42. The molecular weight excluding hydrogens is 378 g/mol. The van der Waals surface area contributed by atoms with Gasteiger partial charge in [-0.3, -0.25) is 4.79 Å². The number of amides is 3. The average molecular weight is 410 g/mol. The van der Waals surface area contributed by atoms with Crippen LogP contribution in [0.15, 0.2) is 54.6 Å². The van der Waals surface area contributed by atoms with Crippen molar-refractivity contribution in [1.82, 2.24) is 15.5 Å². The molecule has 0 atom stereocenters. The molecule has 30 heavy (non-hydrogen) atoms. The molecule has 2 aromatic carbocycles. The lowest BCUT2D eigenvalue weighted by Gasteiger charge is -2.38. The van der Waals surface area contributed by atoms with Gasteiger partial charge in [-0.05, 0) is 42.5 Å². The van der Waals surface area contributed by atoms with Crippen molar-refractivity contribution in [3.05, 3.63) is 65.7 Å². The second-order valence-electron chi connectivity index (χ2n) is 8.05. The van der Waals surface area contributed by atoms with Crippen molar-refractivity contribution in [2.45, 2.75) is 32.7 Å². The molecule has 0 spiro atoms. The van der Waals surface area contributed by atoms with Gasteiger partial charge in [-0.2, -0.15) is 0 Å². The molecule has 1 saturated heterocycles. The van der Waals surface area contributed by atoms with Gasteiger partial charge in [-0.15, -0.1) is 0 Å². The van der Waals surface area contributed by atoms with Crippen molar-refractivity contribution in [3.63, 3.8) is 0 Å². The summed E-state index contributed by atoms with van der Waals surface area (Å²) in [5, 5.41) is 6.03. The summed E-state index contributed by atoms with van der Waals surface area (Å²) >= 11 is 0. The van der Waals surface area contributed by atoms with E-state index in [0.29, 0.717) is 39.0 Å². The zero-order valence-electron chi connectivity index (χ0n) is 17.8. The molecule has 0 saturated carbocycles. The molecule has 2 aromatic rings. The number of hydrogen-bond acceptors (Lipinski definition) is 3. The number of piperidine rings is 1. The van der Waals surface area contributed by atoms with Gasteiger partial charge in [-0.1, -0.05) is 49.4 Å². The minimum Gasteiger partial charge on any atom is -0.497 e. The molecule has 160 valence electrons. The van der Waals surface area contributed by atoms with Crippen molar-refractivity contribution in [2.24, 2.45) is 5.41 Å². The Morgan fingerprint density at radius 3 is 2.40 bits per heavy atom. The maximum atomic E-state index is 12.8. The van der Waals surface area contributed by atoms with Crippen molar-refractivity contribution >= 4 is 11.9 Å². The van der Waals surface area contributed by atoms with Crippen LogP contribution >= 0.6 is 0 Å². The fourth-order valence-corrected chi connectivity index (χ4v) is 3.68. The summed E-state index contributed by atoms with van der Waals surface area (Å²) in [5.41, 5.74) is 1.75. The predicted octanol–water partition coefficient (Wildman–Crippen LogP) is 3.37. The van der Waals surface area contributed by atoms with Crippen molar-refractivity contribution in [1.29, 1.82) is 0 Å². The highest BCUT2D eigenvalue weighted by Crippen LogP contribution is 2.31. The monoisotopic (exact) mass is 409 g/mol. The maximum absolute atomic E-state index is 12.8. The van der Waals surface area contributed by atoms with Gasteiger partial charge in [0.2, 0.25) is 5.91 Å². The first-order valence-electron chi connectivity index (χ1n) is 10.5. The van der Waals surface area contributed by atoms with Crippen LogP contribution in [0.3, 0.4) is 0 Å². The van der Waals surface area contributed by atoms with Gasteiger partial charge in [0, 0.05) is 31.6 Å². The first-order chi connectivity index (χ1) is 14.5. The fraction of sp³-hybridized carbons (Fsp3) is 0.417. The first-order valence-corrected chi connectivity index (χ1v) is 10.5. The molecule has 0 aliphatic carbocycles. The number of carbonyl (C=O) groups is 2. The molecule has 1 aliphatic rings. The van der Waals surface area contributed by atoms with Gasteiger partial charge in [0.15, 0.2) is 0 Å². The van der Waals surface area contributed by atoms with E-state index in [9.17, 15) is 9.59 Å². The van der Waals surface area contributed by atoms with E-state index >= 15 is 0 Å². The van der Waals surface area contributed by atoms with Crippen LogP contribution in [0.4, 0.5) is 4.79 Å². The molecule has 6 heteroatoms. The standard InChI is InChI=1S/C24H31N3O3/c1-24(22(28)26-18-20-9-6-10-21(17-20)30-2)12-15-27(16-13-24)23(29)25-14-11-19-7-4-3-5-8-19/h3-10,17H,11-16,18H2,1-2H3,(H,25,29)(H,26,28). The van der Waals surface area contributed by atoms with Crippen LogP contribution < -0.4 is 15.4 Å². The van der Waals surface area contributed by atoms with Gasteiger partial charge in [-0.25, -0.2) is 4.79 Å². The van der Waals surface area contributed by atoms with Crippen LogP contribution in [0.2, 0.25) is 0 Å². The average Bonchev–Trinajstić information content (AvgIpc) is 2.78. The maximum Gasteiger partial charge on any atom is 0.317 e. The van der Waals surface area contributed by atoms with Crippen LogP contribution in [-0.2, 0) is 17.8 Å². The quantitative estimate of drug-likeness (QED) is 0.737. The van der Waals surface area contributed by atoms with Crippen molar-refractivity contribution < 1.29 is 14.3 Å². The van der Waals surface area contributed by atoms with E-state index in [0.717, 1.165) is 17.7 Å². The zero-order valence-corrected chi connectivity index (χ0v) is 17.8. The van der Waals surface area contributed by atoms with Gasteiger partial charge >= 0.3 is 6.03 Å². The summed E-state index contributed by atoms with van der Waals surface area (Å²) in [7, 11) is 1.63. The Labute approximate surface area is 178 Å². The molecule has 3 rings (SSSR count). The molecule has 0 aromatic heterocycles. The third-order valence-corrected chi connectivity index (χ3v) is 5.82. The second kappa shape index (κ2) is 10.1. The number of rotatable bonds is 7. The third kappa shape index (κ3) is 5.75. The summed E-state index contributed by atoms with van der Waals surface area (Å²) in [6.07, 6.45) is 2.12. The number of urea groups is 1. The SMILES string of the molecule is COc1cccc(CNC(=O)C2(C)CCN(C(=O)NCCc3ccccc3)CC2)c1. The Morgan fingerprint density at radius 2 is 1.70 bits per heavy atom. The lowest BCUT2D eigenvalue weighted by molar-refractivity contribution is -0.132. The van der Waals surface area contributed by atoms with Gasteiger partial charge in [0.05, 0.1) is 7.11 Å². The van der Waals surface area contributed by atoms with Gasteiger partial charge in [0.1, 0.15) is 5.75 Å². The smallest absolute Gasteiger partial charge is 0.317 e. The number of carbonyl (C=O) groups excluding carboxylic acids is 2. The Hall–Kier alpha value is -3.02. The number of nitrogens with zero attached hydrogens (tertiary/aromatic N) is 1. The number of ether oxygens (including phenoxy) is 1. The van der Waals surface area contributed by atoms with E-state index < -0.39 is 5.41 Å². The van der Waals surface area contributed by atoms with Crippen LogP contribution in [0.1, 0.15) is 30.9 Å². The number of benzene rings is 2. The number of hydrogen-bond donors (Lipinski definition) is 2. The van der Waals surface area contributed by atoms with E-state index in [1.165, 1.54) is 5.56 Å². The first kappa shape index (κ1) is 21.7. The van der Waals surface area contributed by atoms with Crippen LogP contribution in [0.25, 0.3) is 0 Å². The van der Waals surface area contributed by atoms with Crippen LogP contribution in [0.5, 0.6) is 5.75 Å². The summed E-state index contributed by atoms with van der Waals surface area (Å²) < 4.78 is 5.23. The van der Waals surface area contributed by atoms with E-state index in [2.05, 4.69) is 22.8 Å². The lowest BCUT2D eigenvalue weighted by Crippen LogP contribution is -2.51. The molecule has 2 N–H and O–H groups in total. The van der Waals surface area contributed by atoms with E-state index in [-0.39, 0.29) is 11.9 Å². The van der Waals surface area contributed by atoms with E-state index in [4.69, 9.17) is 4.74 Å². The molecule has 0 unspecified atom stereocenters. The summed E-state index contributed by atoms with van der Waals surface area (Å²) in [4.78, 5) is 27.0. The highest BCUT2D eigenvalue weighted by molar-refractivity contribution is 5.83. The topological polar surface area (TPSA) is 70.7 Å². The second-order valence-corrected chi connectivity index (χ2v) is 8.05. The number of nitrogens with one attached hydrogen (secondary N) is 2. The molecular formula is C24H31N3O3. The Kier molecular flexibility index (Phi) is 7.33. The largest absolute Gasteiger partial charge is 0.497 e. The molecule has 6 nitrogen and oxygen atoms in total. The van der Waals surface area contributed by atoms with Gasteiger partial charge < -0.3 is 20.3 Å². The predicted molar refractivity (Wildman–Crippen MR) is 117 cm³/mol. The van der Waals surface area contributed by atoms with E-state index in [1.807, 2.05) is 54.3 Å². The normalized spacial score (nSPS) is 15.3. The highest BCUT2D eigenvalue weighted by Gasteiger charge is 2.37. The summed E-state index contributed by atoms with van der Waals surface area (Å²) in [6, 6.07) is 17.7. The molecule has 1 heterocycles. The third-order valence-electron chi connectivity index (χ3n) is 5.82.